The van der Waals surface area contributed by atoms with Gasteiger partial charge in [-0.25, -0.2) is 24.6 Å². The highest BCUT2D eigenvalue weighted by atomic mass is 32.2. The summed E-state index contributed by atoms with van der Waals surface area (Å²) in [5.41, 5.74) is 16.4. The molecule has 6 heterocycles. The first kappa shape index (κ1) is 107. The van der Waals surface area contributed by atoms with E-state index in [1.165, 1.54) is 22.5 Å². The number of fused-ring (bicyclic) bond motifs is 1. The van der Waals surface area contributed by atoms with Crippen molar-refractivity contribution in [2.45, 2.75) is 416 Å². The average molecular weight is 1780 g/mol. The van der Waals surface area contributed by atoms with Crippen molar-refractivity contribution in [3.8, 4) is 0 Å². The third-order valence-corrected chi connectivity index (χ3v) is 28.2. The van der Waals surface area contributed by atoms with Crippen molar-refractivity contribution < 1.29 is 4.52 Å². The van der Waals surface area contributed by atoms with Crippen molar-refractivity contribution in [3.63, 3.8) is 0 Å². The molecule has 0 amide bonds. The molecular weight excluding hydrogens is 1630 g/mol. The second-order valence-electron chi connectivity index (χ2n) is 32.9. The molecule has 0 aliphatic heterocycles. The predicted molar refractivity (Wildman–Crippen MR) is 521 cm³/mol. The van der Waals surface area contributed by atoms with Gasteiger partial charge in [0.1, 0.15) is 5.82 Å². The zero-order chi connectivity index (χ0) is 85.5. The normalized spacial score (nSPS) is 12.0. The molecule has 7 rings (SSSR count). The van der Waals surface area contributed by atoms with Crippen LogP contribution in [0, 0.1) is 0 Å². The Labute approximate surface area is 739 Å². The second kappa shape index (κ2) is 57.6. The summed E-state index contributed by atoms with van der Waals surface area (Å²) < 4.78 is 7.63. The van der Waals surface area contributed by atoms with E-state index >= 15 is 0 Å². The first-order chi connectivity index (χ1) is 52.9. The van der Waals surface area contributed by atoms with Gasteiger partial charge in [-0.1, -0.05) is 262 Å². The van der Waals surface area contributed by atoms with Gasteiger partial charge in [-0.15, -0.1) is 5.10 Å². The SMILES string of the molecule is CC(C)SCc1nc2ccc(C(C)C)cc2nc1CSC(C)C.CC(C)SCc1ncc(C(C)C)nc1CSC(C)C.CC(C)SCc1nn(C(C)C)nc1CSC(C)C.CC(C)SCc1nnn(C(C)C)c1CSC(C)C.CC(C)SCc1onc(C(C)C)c1CSC(C)C.CC(C)Sc1nc(SC(C)C)nc(C(C)C)n1. The Morgan fingerprint density at radius 2 is 0.726 bits per heavy atom. The molecule has 1 aromatic carbocycles. The van der Waals surface area contributed by atoms with Gasteiger partial charge in [0.15, 0.2) is 16.1 Å². The second-order valence-corrected chi connectivity index (χ2v) is 51.6. The van der Waals surface area contributed by atoms with Gasteiger partial charge in [0, 0.05) is 86.0 Å². The monoisotopic (exact) mass is 1780 g/mol. The van der Waals surface area contributed by atoms with Gasteiger partial charge < -0.3 is 4.52 Å². The lowest BCUT2D eigenvalue weighted by Crippen LogP contribution is -2.08. The summed E-state index contributed by atoms with van der Waals surface area (Å²) in [5, 5.41) is 31.2. The summed E-state index contributed by atoms with van der Waals surface area (Å²) in [6.07, 6.45) is 1.95. The van der Waals surface area contributed by atoms with E-state index in [1.807, 2.05) is 129 Å². The Morgan fingerprint density at radius 3 is 1.12 bits per heavy atom. The minimum atomic E-state index is 0.339. The van der Waals surface area contributed by atoms with Crippen LogP contribution in [0.2, 0.25) is 0 Å². The van der Waals surface area contributed by atoms with Gasteiger partial charge in [-0.2, -0.15) is 138 Å². The van der Waals surface area contributed by atoms with Gasteiger partial charge in [-0.05, 0) is 116 Å². The van der Waals surface area contributed by atoms with Gasteiger partial charge >= 0.3 is 0 Å². The number of hydrogen-bond acceptors (Lipinski definition) is 25. The molecule has 7 aromatic rings. The lowest BCUT2D eigenvalue weighted by molar-refractivity contribution is 0.385. The lowest BCUT2D eigenvalue weighted by atomic mass is 10.0. The minimum absolute atomic E-state index is 0.339. The van der Waals surface area contributed by atoms with E-state index < -0.39 is 0 Å². The van der Waals surface area contributed by atoms with Crippen LogP contribution in [0.4, 0.5) is 0 Å². The van der Waals surface area contributed by atoms with Crippen LogP contribution in [0.5, 0.6) is 0 Å². The fraction of sp³-hybridized carbons (Fsp3) is 0.744. The minimum Gasteiger partial charge on any atom is -0.360 e. The molecule has 0 atom stereocenters. The van der Waals surface area contributed by atoms with Crippen LogP contribution in [0.1, 0.15) is 365 Å². The zero-order valence-corrected chi connectivity index (χ0v) is 86.1. The first-order valence-corrected chi connectivity index (χ1v) is 53.4. The maximum Gasteiger partial charge on any atom is 0.192 e. The molecule has 0 saturated carbocycles. The molecule has 6 aromatic heterocycles. The fourth-order valence-electron chi connectivity index (χ4n) is 9.25. The van der Waals surface area contributed by atoms with E-state index in [0.717, 1.165) is 136 Å². The fourth-order valence-corrected chi connectivity index (χ4v) is 18.1. The summed E-state index contributed by atoms with van der Waals surface area (Å²) in [6, 6.07) is 7.24. The summed E-state index contributed by atoms with van der Waals surface area (Å²) >= 11 is 22.8. The van der Waals surface area contributed by atoms with Crippen molar-refractivity contribution in [1.82, 2.24) is 70.0 Å². The molecule has 0 aliphatic rings. The third kappa shape index (κ3) is 45.7. The number of aromatic nitrogens is 14. The van der Waals surface area contributed by atoms with E-state index in [-0.39, 0.29) is 0 Å². The Morgan fingerprint density at radius 1 is 0.336 bits per heavy atom. The van der Waals surface area contributed by atoms with Crippen LogP contribution in [-0.4, -0.2) is 133 Å². The van der Waals surface area contributed by atoms with E-state index in [2.05, 4.69) is 318 Å². The summed E-state index contributed by atoms with van der Waals surface area (Å²) in [5.74, 6) is 13.4. The third-order valence-electron chi connectivity index (χ3n) is 15.4. The molecule has 0 bridgehead atoms. The molecule has 0 spiro atoms. The van der Waals surface area contributed by atoms with Crippen molar-refractivity contribution in [2.75, 3.05) is 0 Å². The average Bonchev–Trinajstić information content (AvgIpc) is 1.78. The van der Waals surface area contributed by atoms with Crippen LogP contribution in [0.15, 0.2) is 39.2 Å². The van der Waals surface area contributed by atoms with E-state index in [1.54, 1.807) is 23.5 Å². The van der Waals surface area contributed by atoms with Gasteiger partial charge in [0.25, 0.3) is 0 Å². The van der Waals surface area contributed by atoms with Crippen LogP contribution in [0.3, 0.4) is 0 Å². The Bertz CT molecular complexity index is 3550. The molecule has 0 fully saturated rings. The summed E-state index contributed by atoms with van der Waals surface area (Å²) in [4.78, 5) is 34.7. The summed E-state index contributed by atoms with van der Waals surface area (Å²) in [7, 11) is 0. The molecule has 15 nitrogen and oxygen atoms in total. The smallest absolute Gasteiger partial charge is 0.192 e. The highest BCUT2D eigenvalue weighted by Gasteiger charge is 2.22. The number of nitrogens with zero attached hydrogens (tertiary/aromatic N) is 14. The molecule has 0 saturated heterocycles. The van der Waals surface area contributed by atoms with Crippen LogP contribution in [0.25, 0.3) is 11.0 Å². The topological polar surface area (TPSA) is 178 Å². The van der Waals surface area contributed by atoms with Gasteiger partial charge in [0.05, 0.1) is 79.8 Å². The highest BCUT2D eigenvalue weighted by Crippen LogP contribution is 2.34. The van der Waals surface area contributed by atoms with Crippen LogP contribution < -0.4 is 0 Å². The van der Waals surface area contributed by atoms with Crippen molar-refractivity contribution in [2.24, 2.45) is 0 Å². The largest absolute Gasteiger partial charge is 0.360 e. The zero-order valence-electron chi connectivity index (χ0n) is 76.3. The van der Waals surface area contributed by atoms with E-state index in [0.29, 0.717) is 98.8 Å². The molecule has 27 heteroatoms. The molecular formula is C86H150N14OS12. The molecule has 0 radical (unpaired) electrons. The number of rotatable bonds is 40. The molecule has 0 N–H and O–H groups in total. The van der Waals surface area contributed by atoms with Crippen LogP contribution in [-0.2, 0) is 57.5 Å². The maximum absolute atomic E-state index is 5.56. The summed E-state index contributed by atoms with van der Waals surface area (Å²) in [6.45, 7) is 79.1. The molecule has 113 heavy (non-hydrogen) atoms. The van der Waals surface area contributed by atoms with E-state index in [4.69, 9.17) is 19.5 Å². The Kier molecular flexibility index (Phi) is 54.7. The Balaban J connectivity index is 0.000000461. The lowest BCUT2D eigenvalue weighted by Gasteiger charge is -2.13. The number of benzene rings is 1. The van der Waals surface area contributed by atoms with Gasteiger partial charge in [-0.3, -0.25) is 9.97 Å². The standard InChI is InChI=1S/C19H28N2S2.C15H26N2S2.C14H25NOS2.2C13H25N3S2.C12H21N3S2/c1-12(2)15-7-8-16-17(9-15)21-19(11-23-14(5)6)18(20-16)10-22-13(3)4;1-10(2)13-7-16-14(8-18-11(3)4)15(17-13)9-19-12(5)6;1-9(2)14-12(7-17-10(3)4)13(16-15-14)8-18-11(5)6;1-9(2)16-13(8-18-11(5)6)12(14-15-16)7-17-10(3)4;1-9(2)16-14-12(7-17-10(3)4)13(15-16)8-18-11(5)6;1-7(2)10-13-11(16-8(3)4)15-12(14-10)17-9(5)6/h7-9,12-14H,10-11H2,1-6H3;7,10-12H,8-9H2,1-6H3;3*9-11H,7-8H2,1-6H3;7-9H,1-6H3. The van der Waals surface area contributed by atoms with Crippen molar-refractivity contribution >= 4 is 152 Å². The molecule has 0 unspecified atom stereocenters. The quantitative estimate of drug-likeness (QED) is 0.0331. The predicted octanol–water partition coefficient (Wildman–Crippen LogP) is 28.3. The van der Waals surface area contributed by atoms with Crippen molar-refractivity contribution in [3.05, 3.63) is 104 Å². The van der Waals surface area contributed by atoms with E-state index in [9.17, 15) is 0 Å². The highest BCUT2D eigenvalue weighted by molar-refractivity contribution is 8.01. The first-order valence-electron chi connectivity index (χ1n) is 41.1. The molecule has 642 valence electrons. The van der Waals surface area contributed by atoms with Crippen molar-refractivity contribution in [1.29, 1.82) is 0 Å². The number of hydrogen-bond donors (Lipinski definition) is 0. The maximum atomic E-state index is 5.56. The van der Waals surface area contributed by atoms with Crippen LogP contribution >= 0.6 is 141 Å². The number of thioether (sulfide) groups is 12. The molecule has 0 aliphatic carbocycles. The Hall–Kier alpha value is -1.66. The van der Waals surface area contributed by atoms with Gasteiger partial charge in [0.2, 0.25) is 0 Å².